The van der Waals surface area contributed by atoms with Crippen molar-refractivity contribution in [2.45, 2.75) is 32.8 Å². The van der Waals surface area contributed by atoms with Crippen molar-refractivity contribution >= 4 is 23.6 Å². The molecule has 1 amide bonds. The first-order valence-corrected chi connectivity index (χ1v) is 10.6. The van der Waals surface area contributed by atoms with Gasteiger partial charge in [-0.2, -0.15) is 0 Å². The van der Waals surface area contributed by atoms with Gasteiger partial charge in [-0.25, -0.2) is 0 Å². The van der Waals surface area contributed by atoms with Crippen molar-refractivity contribution in [3.8, 4) is 5.75 Å². The Hall–Kier alpha value is -1.56. The molecule has 0 spiro atoms. The van der Waals surface area contributed by atoms with Crippen LogP contribution >= 0.6 is 11.6 Å². The third-order valence-corrected chi connectivity index (χ3v) is 5.49. The fourth-order valence-corrected chi connectivity index (χ4v) is 3.92. The Bertz CT molecular complexity index is 678. The molecule has 0 aliphatic carbocycles. The Balaban J connectivity index is 1.51. The second kappa shape index (κ2) is 10.3. The summed E-state index contributed by atoms with van der Waals surface area (Å²) in [5.74, 6) is 1.49. The standard InChI is InChI=1S/C22H31ClN2O3/c1-17(2)16-24-9-7-19(8-10-24)28-20-5-3-18(21(23)15-20)4-6-22(26)25-11-13-27-14-12-25/h3-6,15,17,19H,7-14,16H2,1-2H3. The molecular weight excluding hydrogens is 376 g/mol. The number of halogens is 1. The molecule has 2 saturated heterocycles. The Kier molecular flexibility index (Phi) is 7.77. The molecule has 28 heavy (non-hydrogen) atoms. The second-order valence-corrected chi connectivity index (χ2v) is 8.37. The molecule has 0 N–H and O–H groups in total. The van der Waals surface area contributed by atoms with Gasteiger partial charge in [-0.05, 0) is 48.6 Å². The van der Waals surface area contributed by atoms with E-state index in [-0.39, 0.29) is 12.0 Å². The highest BCUT2D eigenvalue weighted by Crippen LogP contribution is 2.26. The van der Waals surface area contributed by atoms with Gasteiger partial charge in [0.25, 0.3) is 0 Å². The monoisotopic (exact) mass is 406 g/mol. The lowest BCUT2D eigenvalue weighted by atomic mass is 10.1. The van der Waals surface area contributed by atoms with Gasteiger partial charge in [-0.3, -0.25) is 4.79 Å². The van der Waals surface area contributed by atoms with E-state index in [1.165, 1.54) is 0 Å². The van der Waals surface area contributed by atoms with Crippen molar-refractivity contribution < 1.29 is 14.3 Å². The highest BCUT2D eigenvalue weighted by atomic mass is 35.5. The molecular formula is C22H31ClN2O3. The molecule has 1 aromatic carbocycles. The minimum Gasteiger partial charge on any atom is -0.490 e. The van der Waals surface area contributed by atoms with E-state index < -0.39 is 0 Å². The number of likely N-dealkylation sites (tertiary alicyclic amines) is 1. The van der Waals surface area contributed by atoms with Crippen LogP contribution < -0.4 is 4.74 Å². The van der Waals surface area contributed by atoms with Gasteiger partial charge in [-0.15, -0.1) is 0 Å². The Morgan fingerprint density at radius 2 is 1.96 bits per heavy atom. The number of morpholine rings is 1. The van der Waals surface area contributed by atoms with Crippen LogP contribution in [0.15, 0.2) is 24.3 Å². The molecule has 3 rings (SSSR count). The molecule has 0 saturated carbocycles. The lowest BCUT2D eigenvalue weighted by Crippen LogP contribution is -2.39. The van der Waals surface area contributed by atoms with Crippen LogP contribution in [-0.4, -0.2) is 67.7 Å². The van der Waals surface area contributed by atoms with Crippen LogP contribution in [0.25, 0.3) is 6.08 Å². The smallest absolute Gasteiger partial charge is 0.246 e. The number of rotatable bonds is 6. The molecule has 5 nitrogen and oxygen atoms in total. The second-order valence-electron chi connectivity index (χ2n) is 7.97. The average Bonchev–Trinajstić information content (AvgIpc) is 2.69. The molecule has 2 aliphatic heterocycles. The van der Waals surface area contributed by atoms with E-state index in [0.29, 0.717) is 37.2 Å². The van der Waals surface area contributed by atoms with Gasteiger partial charge in [0.15, 0.2) is 0 Å². The normalized spacial score (nSPS) is 19.5. The highest BCUT2D eigenvalue weighted by molar-refractivity contribution is 6.32. The molecule has 1 aromatic rings. The number of carbonyl (C=O) groups is 1. The summed E-state index contributed by atoms with van der Waals surface area (Å²) in [6.07, 6.45) is 5.68. The van der Waals surface area contributed by atoms with Gasteiger partial charge in [0.05, 0.1) is 18.2 Å². The van der Waals surface area contributed by atoms with Crippen LogP contribution in [0.4, 0.5) is 0 Å². The van der Waals surface area contributed by atoms with Crippen molar-refractivity contribution in [2.24, 2.45) is 5.92 Å². The number of benzene rings is 1. The fourth-order valence-electron chi connectivity index (χ4n) is 3.69. The Morgan fingerprint density at radius 1 is 1.25 bits per heavy atom. The maximum atomic E-state index is 12.2. The zero-order valence-electron chi connectivity index (χ0n) is 16.9. The number of hydrogen-bond donors (Lipinski definition) is 0. The van der Waals surface area contributed by atoms with Gasteiger partial charge in [0.2, 0.25) is 5.91 Å². The van der Waals surface area contributed by atoms with Crippen LogP contribution in [0, 0.1) is 5.92 Å². The lowest BCUT2D eigenvalue weighted by Gasteiger charge is -2.33. The molecule has 0 unspecified atom stereocenters. The topological polar surface area (TPSA) is 42.0 Å². The van der Waals surface area contributed by atoms with Crippen molar-refractivity contribution in [1.29, 1.82) is 0 Å². The number of hydrogen-bond acceptors (Lipinski definition) is 4. The zero-order chi connectivity index (χ0) is 19.9. The van der Waals surface area contributed by atoms with Crippen molar-refractivity contribution in [3.05, 3.63) is 34.9 Å². The molecule has 154 valence electrons. The average molecular weight is 407 g/mol. The van der Waals surface area contributed by atoms with E-state index in [1.807, 2.05) is 18.2 Å². The van der Waals surface area contributed by atoms with Crippen LogP contribution in [0.5, 0.6) is 5.75 Å². The third-order valence-electron chi connectivity index (χ3n) is 5.16. The maximum absolute atomic E-state index is 12.2. The molecule has 2 aliphatic rings. The molecule has 6 heteroatoms. The Morgan fingerprint density at radius 3 is 2.61 bits per heavy atom. The lowest BCUT2D eigenvalue weighted by molar-refractivity contribution is -0.129. The predicted octanol–water partition coefficient (Wildman–Crippen LogP) is 3.71. The van der Waals surface area contributed by atoms with Gasteiger partial charge < -0.3 is 19.3 Å². The number of piperidine rings is 1. The molecule has 0 atom stereocenters. The fraction of sp³-hybridized carbons (Fsp3) is 0.591. The minimum atomic E-state index is -0.00662. The number of amides is 1. The van der Waals surface area contributed by atoms with Gasteiger partial charge in [0, 0.05) is 38.8 Å². The van der Waals surface area contributed by atoms with Crippen LogP contribution in [0.2, 0.25) is 5.02 Å². The largest absolute Gasteiger partial charge is 0.490 e. The molecule has 2 heterocycles. The number of ether oxygens (including phenoxy) is 2. The molecule has 0 radical (unpaired) electrons. The summed E-state index contributed by atoms with van der Waals surface area (Å²) in [5, 5.41) is 0.598. The summed E-state index contributed by atoms with van der Waals surface area (Å²) >= 11 is 6.41. The SMILES string of the molecule is CC(C)CN1CCC(Oc2ccc(C=CC(=O)N3CCOCC3)c(Cl)c2)CC1. The maximum Gasteiger partial charge on any atom is 0.246 e. The van der Waals surface area contributed by atoms with Crippen molar-refractivity contribution in [1.82, 2.24) is 9.80 Å². The molecule has 0 aromatic heterocycles. The third kappa shape index (κ3) is 6.23. The first-order chi connectivity index (χ1) is 13.5. The quantitative estimate of drug-likeness (QED) is 0.675. The Labute approximate surface area is 173 Å². The van der Waals surface area contributed by atoms with Crippen LogP contribution in [0.1, 0.15) is 32.3 Å². The zero-order valence-corrected chi connectivity index (χ0v) is 17.7. The first kappa shape index (κ1) is 21.2. The van der Waals surface area contributed by atoms with Crippen LogP contribution in [-0.2, 0) is 9.53 Å². The molecule has 2 fully saturated rings. The summed E-state index contributed by atoms with van der Waals surface area (Å²) in [7, 11) is 0. The summed E-state index contributed by atoms with van der Waals surface area (Å²) < 4.78 is 11.4. The summed E-state index contributed by atoms with van der Waals surface area (Å²) in [5.41, 5.74) is 0.822. The predicted molar refractivity (Wildman–Crippen MR) is 113 cm³/mol. The number of carbonyl (C=O) groups excluding carboxylic acids is 1. The van der Waals surface area contributed by atoms with Gasteiger partial charge in [-0.1, -0.05) is 25.4 Å². The van der Waals surface area contributed by atoms with Crippen molar-refractivity contribution in [3.63, 3.8) is 0 Å². The summed E-state index contributed by atoms with van der Waals surface area (Å²) in [4.78, 5) is 16.5. The molecule has 0 bridgehead atoms. The summed E-state index contributed by atoms with van der Waals surface area (Å²) in [6, 6.07) is 5.70. The van der Waals surface area contributed by atoms with Crippen molar-refractivity contribution in [2.75, 3.05) is 45.9 Å². The van der Waals surface area contributed by atoms with Crippen LogP contribution in [0.3, 0.4) is 0 Å². The highest BCUT2D eigenvalue weighted by Gasteiger charge is 2.21. The van der Waals surface area contributed by atoms with Gasteiger partial charge in [0.1, 0.15) is 11.9 Å². The van der Waals surface area contributed by atoms with E-state index in [4.69, 9.17) is 21.1 Å². The van der Waals surface area contributed by atoms with E-state index in [1.54, 1.807) is 17.1 Å². The first-order valence-electron chi connectivity index (χ1n) is 10.2. The van der Waals surface area contributed by atoms with E-state index in [2.05, 4.69) is 18.7 Å². The summed E-state index contributed by atoms with van der Waals surface area (Å²) in [6.45, 7) is 10.3. The van der Waals surface area contributed by atoms with Gasteiger partial charge >= 0.3 is 0 Å². The van der Waals surface area contributed by atoms with E-state index in [0.717, 1.165) is 43.8 Å². The number of nitrogens with zero attached hydrogens (tertiary/aromatic N) is 2. The minimum absolute atomic E-state index is 0.00662. The van der Waals surface area contributed by atoms with E-state index >= 15 is 0 Å². The van der Waals surface area contributed by atoms with E-state index in [9.17, 15) is 4.79 Å².